The van der Waals surface area contributed by atoms with E-state index in [2.05, 4.69) is 22.2 Å². The van der Waals surface area contributed by atoms with Crippen LogP contribution in [0, 0.1) is 0 Å². The van der Waals surface area contributed by atoms with Crippen LogP contribution in [0.2, 0.25) is 0 Å². The van der Waals surface area contributed by atoms with E-state index in [0.29, 0.717) is 18.7 Å². The number of nitrogens with one attached hydrogen (secondary N) is 1. The van der Waals surface area contributed by atoms with E-state index in [1.807, 2.05) is 24.3 Å². The highest BCUT2D eigenvalue weighted by atomic mass is 16.5. The van der Waals surface area contributed by atoms with Gasteiger partial charge < -0.3 is 15.0 Å². The Morgan fingerprint density at radius 2 is 1.96 bits per heavy atom. The highest BCUT2D eigenvalue weighted by Gasteiger charge is 2.22. The van der Waals surface area contributed by atoms with E-state index in [0.717, 1.165) is 38.0 Å². The molecule has 0 unspecified atom stereocenters. The Bertz CT molecular complexity index is 839. The lowest BCUT2D eigenvalue weighted by atomic mass is 10.0. The molecule has 0 saturated carbocycles. The van der Waals surface area contributed by atoms with Gasteiger partial charge in [0.25, 0.3) is 11.5 Å². The SMILES string of the molecule is CCc1ccc(C(=O)NC2CCN(c3cnn(CCOC)c(=O)c3)CC2)cc1. The summed E-state index contributed by atoms with van der Waals surface area (Å²) in [6.07, 6.45) is 4.37. The zero-order chi connectivity index (χ0) is 19.9. The quantitative estimate of drug-likeness (QED) is 0.788. The summed E-state index contributed by atoms with van der Waals surface area (Å²) in [4.78, 5) is 26.8. The first-order chi connectivity index (χ1) is 13.6. The van der Waals surface area contributed by atoms with Crippen molar-refractivity contribution >= 4 is 11.6 Å². The Morgan fingerprint density at radius 1 is 1.25 bits per heavy atom. The van der Waals surface area contributed by atoms with Gasteiger partial charge in [0.15, 0.2) is 0 Å². The summed E-state index contributed by atoms with van der Waals surface area (Å²) in [5.41, 5.74) is 2.63. The van der Waals surface area contributed by atoms with Crippen molar-refractivity contribution < 1.29 is 9.53 Å². The number of anilines is 1. The standard InChI is InChI=1S/C21H28N4O3/c1-3-16-4-6-17(7-5-16)21(27)23-18-8-10-24(11-9-18)19-14-20(26)25(22-15-19)12-13-28-2/h4-7,14-15,18H,3,8-13H2,1-2H3,(H,23,27). The van der Waals surface area contributed by atoms with Gasteiger partial charge in [-0.3, -0.25) is 9.59 Å². The molecule has 7 heteroatoms. The van der Waals surface area contributed by atoms with Crippen molar-refractivity contribution in [3.8, 4) is 0 Å². The Balaban J connectivity index is 1.53. The Morgan fingerprint density at radius 3 is 2.57 bits per heavy atom. The number of rotatable bonds is 7. The van der Waals surface area contributed by atoms with Crippen LogP contribution in [0.25, 0.3) is 0 Å². The fourth-order valence-corrected chi connectivity index (χ4v) is 3.39. The Labute approximate surface area is 165 Å². The summed E-state index contributed by atoms with van der Waals surface area (Å²) in [7, 11) is 1.60. The number of amides is 1. The lowest BCUT2D eigenvalue weighted by molar-refractivity contribution is 0.0931. The molecule has 2 aromatic rings. The predicted octanol–water partition coefficient (Wildman–Crippen LogP) is 1.85. The molecule has 1 saturated heterocycles. The minimum Gasteiger partial charge on any atom is -0.383 e. The predicted molar refractivity (Wildman–Crippen MR) is 109 cm³/mol. The maximum Gasteiger partial charge on any atom is 0.268 e. The largest absolute Gasteiger partial charge is 0.383 e. The Hall–Kier alpha value is -2.67. The summed E-state index contributed by atoms with van der Waals surface area (Å²) in [5.74, 6) is -0.0245. The monoisotopic (exact) mass is 384 g/mol. The number of carbonyl (C=O) groups is 1. The molecule has 0 aliphatic carbocycles. The van der Waals surface area contributed by atoms with E-state index in [-0.39, 0.29) is 17.5 Å². The van der Waals surface area contributed by atoms with E-state index in [1.54, 1.807) is 19.4 Å². The highest BCUT2D eigenvalue weighted by Crippen LogP contribution is 2.18. The molecule has 0 atom stereocenters. The van der Waals surface area contributed by atoms with Gasteiger partial charge in [0.2, 0.25) is 0 Å². The molecule has 1 aliphatic rings. The number of piperidine rings is 1. The minimum atomic E-state index is -0.125. The molecule has 1 aliphatic heterocycles. The Kier molecular flexibility index (Phi) is 6.81. The van der Waals surface area contributed by atoms with Crippen LogP contribution in [0.4, 0.5) is 5.69 Å². The second-order valence-corrected chi connectivity index (χ2v) is 7.05. The second kappa shape index (κ2) is 9.50. The lowest BCUT2D eigenvalue weighted by Crippen LogP contribution is -2.45. The molecule has 1 amide bonds. The summed E-state index contributed by atoms with van der Waals surface area (Å²) >= 11 is 0. The molecule has 0 spiro atoms. The average molecular weight is 384 g/mol. The van der Waals surface area contributed by atoms with E-state index in [1.165, 1.54) is 10.2 Å². The van der Waals surface area contributed by atoms with Gasteiger partial charge in [-0.15, -0.1) is 0 Å². The molecular weight excluding hydrogens is 356 g/mol. The number of hydrogen-bond donors (Lipinski definition) is 1. The summed E-state index contributed by atoms with van der Waals surface area (Å²) in [6.45, 7) is 4.56. The van der Waals surface area contributed by atoms with Crippen LogP contribution in [-0.2, 0) is 17.7 Å². The number of carbonyl (C=O) groups excluding carboxylic acids is 1. The zero-order valence-corrected chi connectivity index (χ0v) is 16.6. The summed E-state index contributed by atoms with van der Waals surface area (Å²) in [6, 6.07) is 9.53. The van der Waals surface area contributed by atoms with Gasteiger partial charge in [-0.2, -0.15) is 5.10 Å². The minimum absolute atomic E-state index is 0.0245. The van der Waals surface area contributed by atoms with Crippen LogP contribution in [0.3, 0.4) is 0 Å². The average Bonchev–Trinajstić information content (AvgIpc) is 2.73. The van der Waals surface area contributed by atoms with Gasteiger partial charge in [0.1, 0.15) is 0 Å². The fourth-order valence-electron chi connectivity index (χ4n) is 3.39. The zero-order valence-electron chi connectivity index (χ0n) is 16.6. The molecule has 0 bridgehead atoms. The van der Waals surface area contributed by atoms with Crippen molar-refractivity contribution in [3.63, 3.8) is 0 Å². The van der Waals surface area contributed by atoms with Crippen LogP contribution in [0.15, 0.2) is 41.3 Å². The van der Waals surface area contributed by atoms with E-state index >= 15 is 0 Å². The molecule has 0 radical (unpaired) electrons. The highest BCUT2D eigenvalue weighted by molar-refractivity contribution is 5.94. The number of aromatic nitrogens is 2. The van der Waals surface area contributed by atoms with Crippen molar-refractivity contribution in [2.45, 2.75) is 38.8 Å². The molecule has 1 fully saturated rings. The smallest absolute Gasteiger partial charge is 0.268 e. The molecule has 28 heavy (non-hydrogen) atoms. The first-order valence-corrected chi connectivity index (χ1v) is 9.81. The number of nitrogens with zero attached hydrogens (tertiary/aromatic N) is 3. The molecule has 2 heterocycles. The van der Waals surface area contributed by atoms with Crippen molar-refractivity contribution in [2.24, 2.45) is 0 Å². The molecule has 7 nitrogen and oxygen atoms in total. The van der Waals surface area contributed by atoms with Crippen molar-refractivity contribution in [2.75, 3.05) is 31.7 Å². The van der Waals surface area contributed by atoms with Crippen LogP contribution >= 0.6 is 0 Å². The number of aryl methyl sites for hydroxylation is 1. The fraction of sp³-hybridized carbons (Fsp3) is 0.476. The second-order valence-electron chi connectivity index (χ2n) is 7.05. The molecule has 1 N–H and O–H groups in total. The molecule has 3 rings (SSSR count). The van der Waals surface area contributed by atoms with Gasteiger partial charge in [-0.05, 0) is 37.0 Å². The molecule has 1 aromatic carbocycles. The topological polar surface area (TPSA) is 76.5 Å². The number of hydrogen-bond acceptors (Lipinski definition) is 5. The van der Waals surface area contributed by atoms with Gasteiger partial charge in [-0.1, -0.05) is 19.1 Å². The third kappa shape index (κ3) is 4.98. The normalized spacial score (nSPS) is 14.9. The first kappa shape index (κ1) is 20.1. The van der Waals surface area contributed by atoms with E-state index < -0.39 is 0 Å². The van der Waals surface area contributed by atoms with Crippen LogP contribution in [0.5, 0.6) is 0 Å². The van der Waals surface area contributed by atoms with Crippen LogP contribution in [-0.4, -0.2) is 48.5 Å². The van der Waals surface area contributed by atoms with Crippen LogP contribution in [0.1, 0.15) is 35.7 Å². The maximum absolute atomic E-state index is 12.4. The van der Waals surface area contributed by atoms with Gasteiger partial charge in [0.05, 0.1) is 25.0 Å². The van der Waals surface area contributed by atoms with Crippen molar-refractivity contribution in [3.05, 3.63) is 58.0 Å². The van der Waals surface area contributed by atoms with Crippen molar-refractivity contribution in [1.29, 1.82) is 0 Å². The van der Waals surface area contributed by atoms with Gasteiger partial charge in [-0.25, -0.2) is 4.68 Å². The van der Waals surface area contributed by atoms with E-state index in [4.69, 9.17) is 4.74 Å². The van der Waals surface area contributed by atoms with Crippen molar-refractivity contribution in [1.82, 2.24) is 15.1 Å². The number of benzene rings is 1. The lowest BCUT2D eigenvalue weighted by Gasteiger charge is -2.33. The molecular formula is C21H28N4O3. The molecule has 1 aromatic heterocycles. The molecule has 150 valence electrons. The third-order valence-corrected chi connectivity index (χ3v) is 5.18. The first-order valence-electron chi connectivity index (χ1n) is 9.81. The number of ether oxygens (including phenoxy) is 1. The van der Waals surface area contributed by atoms with E-state index in [9.17, 15) is 9.59 Å². The van der Waals surface area contributed by atoms with Crippen LogP contribution < -0.4 is 15.8 Å². The van der Waals surface area contributed by atoms with Gasteiger partial charge >= 0.3 is 0 Å². The summed E-state index contributed by atoms with van der Waals surface area (Å²) in [5, 5.41) is 7.35. The third-order valence-electron chi connectivity index (χ3n) is 5.18. The number of methoxy groups -OCH3 is 1. The maximum atomic E-state index is 12.4. The van der Waals surface area contributed by atoms with Gasteiger partial charge in [0, 0.05) is 37.9 Å². The summed E-state index contributed by atoms with van der Waals surface area (Å²) < 4.78 is 6.40.